The lowest BCUT2D eigenvalue weighted by Gasteiger charge is -2.37. The van der Waals surface area contributed by atoms with E-state index in [-0.39, 0.29) is 23.0 Å². The van der Waals surface area contributed by atoms with Crippen molar-refractivity contribution in [2.75, 3.05) is 4.90 Å². The number of hydrogen-bond acceptors (Lipinski definition) is 6. The van der Waals surface area contributed by atoms with Crippen LogP contribution in [0.4, 0.5) is 11.4 Å². The van der Waals surface area contributed by atoms with Gasteiger partial charge in [-0.3, -0.25) is 24.5 Å². The van der Waals surface area contributed by atoms with E-state index in [0.717, 1.165) is 16.8 Å². The average molecular weight is 541 g/mol. The van der Waals surface area contributed by atoms with Crippen LogP contribution in [0.25, 0.3) is 6.08 Å². The second-order valence-corrected chi connectivity index (χ2v) is 10.9. The number of Topliss-reactive ketones (excluding diaryl/α,β-unsaturated/α-hetero) is 3. The van der Waals surface area contributed by atoms with Gasteiger partial charge in [0, 0.05) is 40.4 Å². The molecule has 3 aliphatic rings. The van der Waals surface area contributed by atoms with E-state index in [9.17, 15) is 24.5 Å². The van der Waals surface area contributed by atoms with Crippen molar-refractivity contribution in [3.8, 4) is 0 Å². The van der Waals surface area contributed by atoms with E-state index in [1.54, 1.807) is 60.7 Å². The topological polar surface area (TPSA) is 97.6 Å². The molecule has 4 aromatic carbocycles. The Hall–Kier alpha value is -5.17. The molecule has 0 saturated carbocycles. The van der Waals surface area contributed by atoms with Crippen LogP contribution < -0.4 is 4.90 Å². The molecule has 2 heterocycles. The van der Waals surface area contributed by atoms with E-state index in [1.807, 2.05) is 48.2 Å². The number of carbonyl (C=O) groups is 3. The number of nitro groups is 1. The number of anilines is 1. The Labute approximate surface area is 235 Å². The largest absolute Gasteiger partial charge is 0.352 e. The lowest BCUT2D eigenvalue weighted by molar-refractivity contribution is -0.384. The summed E-state index contributed by atoms with van der Waals surface area (Å²) in [5.41, 5.74) is 2.15. The zero-order valence-electron chi connectivity index (χ0n) is 22.1. The number of aryl methyl sites for hydroxylation is 1. The highest BCUT2D eigenvalue weighted by molar-refractivity contribution is 6.32. The quantitative estimate of drug-likeness (QED) is 0.132. The third-order valence-electron chi connectivity index (χ3n) is 8.73. The minimum absolute atomic E-state index is 0.171. The molecule has 1 saturated heterocycles. The first-order valence-corrected chi connectivity index (χ1v) is 13.4. The third-order valence-corrected chi connectivity index (χ3v) is 8.73. The fourth-order valence-corrected chi connectivity index (χ4v) is 7.05. The Bertz CT molecular complexity index is 1790. The molecule has 0 aromatic heterocycles. The molecular formula is C34H24N2O5. The van der Waals surface area contributed by atoms with Gasteiger partial charge in [0.15, 0.2) is 17.3 Å². The SMILES string of the molecule is Cc1ccc2c(c1)N1C(C=C2)C2(C(=O)c3ccccc3C2=O)[C@@H](c2cccc([N+](=O)[O-])c2)[C@@H]1C(=O)c1ccccc1. The number of nitro benzene ring substituents is 1. The molecule has 0 bridgehead atoms. The lowest BCUT2D eigenvalue weighted by atomic mass is 9.64. The van der Waals surface area contributed by atoms with Crippen molar-refractivity contribution in [3.63, 3.8) is 0 Å². The monoisotopic (exact) mass is 540 g/mol. The number of rotatable bonds is 4. The molecule has 0 radical (unpaired) electrons. The van der Waals surface area contributed by atoms with Crippen molar-refractivity contribution in [2.24, 2.45) is 5.41 Å². The summed E-state index contributed by atoms with van der Waals surface area (Å²) in [6.07, 6.45) is 3.75. The maximum absolute atomic E-state index is 14.6. The predicted molar refractivity (Wildman–Crippen MR) is 154 cm³/mol. The summed E-state index contributed by atoms with van der Waals surface area (Å²) in [4.78, 5) is 57.2. The van der Waals surface area contributed by atoms with E-state index in [4.69, 9.17) is 0 Å². The van der Waals surface area contributed by atoms with Crippen LogP contribution in [-0.4, -0.2) is 34.4 Å². The summed E-state index contributed by atoms with van der Waals surface area (Å²) in [5, 5.41) is 11.9. The molecule has 7 rings (SSSR count). The molecule has 1 spiro atoms. The van der Waals surface area contributed by atoms with Crippen molar-refractivity contribution < 1.29 is 19.3 Å². The zero-order valence-corrected chi connectivity index (χ0v) is 22.1. The summed E-state index contributed by atoms with van der Waals surface area (Å²) in [6, 6.07) is 25.7. The van der Waals surface area contributed by atoms with Gasteiger partial charge in [0.1, 0.15) is 11.5 Å². The van der Waals surface area contributed by atoms with E-state index in [0.29, 0.717) is 22.3 Å². The van der Waals surface area contributed by atoms with Crippen LogP contribution >= 0.6 is 0 Å². The first-order chi connectivity index (χ1) is 19.8. The van der Waals surface area contributed by atoms with Gasteiger partial charge >= 0.3 is 0 Å². The molecular weight excluding hydrogens is 516 g/mol. The lowest BCUT2D eigenvalue weighted by Crippen LogP contribution is -2.48. The van der Waals surface area contributed by atoms with Gasteiger partial charge in [0.2, 0.25) is 0 Å². The molecule has 0 amide bonds. The van der Waals surface area contributed by atoms with Crippen molar-refractivity contribution in [3.05, 3.63) is 147 Å². The van der Waals surface area contributed by atoms with Crippen LogP contribution in [0.3, 0.4) is 0 Å². The Kier molecular flexibility index (Phi) is 5.41. The van der Waals surface area contributed by atoms with Crippen molar-refractivity contribution in [1.82, 2.24) is 0 Å². The van der Waals surface area contributed by atoms with Crippen LogP contribution in [0.1, 0.15) is 53.7 Å². The molecule has 3 atom stereocenters. The number of hydrogen-bond donors (Lipinski definition) is 0. The van der Waals surface area contributed by atoms with Gasteiger partial charge in [0.05, 0.1) is 11.0 Å². The van der Waals surface area contributed by atoms with Crippen molar-refractivity contribution >= 4 is 34.8 Å². The highest BCUT2D eigenvalue weighted by Gasteiger charge is 2.71. The predicted octanol–water partition coefficient (Wildman–Crippen LogP) is 6.22. The van der Waals surface area contributed by atoms with E-state index >= 15 is 0 Å². The summed E-state index contributed by atoms with van der Waals surface area (Å²) in [5.74, 6) is -1.99. The number of benzene rings is 4. The van der Waals surface area contributed by atoms with Crippen molar-refractivity contribution in [1.29, 1.82) is 0 Å². The molecule has 1 fully saturated rings. The van der Waals surface area contributed by atoms with E-state index in [1.165, 1.54) is 12.1 Å². The van der Waals surface area contributed by atoms with Gasteiger partial charge in [-0.1, -0.05) is 91.0 Å². The normalized spacial score (nSPS) is 21.5. The zero-order chi connectivity index (χ0) is 28.5. The van der Waals surface area contributed by atoms with Gasteiger partial charge in [-0.2, -0.15) is 0 Å². The van der Waals surface area contributed by atoms with Crippen LogP contribution in [0, 0.1) is 22.5 Å². The number of fused-ring (bicyclic) bond motifs is 5. The average Bonchev–Trinajstić information content (AvgIpc) is 3.43. The maximum Gasteiger partial charge on any atom is 0.269 e. The second-order valence-electron chi connectivity index (χ2n) is 10.9. The Balaban J connectivity index is 1.57. The van der Waals surface area contributed by atoms with Crippen molar-refractivity contribution in [2.45, 2.75) is 24.9 Å². The smallest absolute Gasteiger partial charge is 0.269 e. The fourth-order valence-electron chi connectivity index (χ4n) is 7.05. The second kappa shape index (κ2) is 8.93. The summed E-state index contributed by atoms with van der Waals surface area (Å²) in [6.45, 7) is 1.95. The molecule has 7 nitrogen and oxygen atoms in total. The van der Waals surface area contributed by atoms with Crippen LogP contribution in [-0.2, 0) is 0 Å². The Morgan fingerprint density at radius 2 is 1.54 bits per heavy atom. The number of ketones is 3. The van der Waals surface area contributed by atoms with Gasteiger partial charge in [0.25, 0.3) is 5.69 Å². The Morgan fingerprint density at radius 3 is 2.22 bits per heavy atom. The van der Waals surface area contributed by atoms with Crippen LogP contribution in [0.15, 0.2) is 103 Å². The Morgan fingerprint density at radius 1 is 0.854 bits per heavy atom. The summed E-state index contributed by atoms with van der Waals surface area (Å²) in [7, 11) is 0. The molecule has 7 heteroatoms. The fraction of sp³-hybridized carbons (Fsp3) is 0.147. The minimum Gasteiger partial charge on any atom is -0.352 e. The third kappa shape index (κ3) is 3.35. The molecule has 41 heavy (non-hydrogen) atoms. The van der Waals surface area contributed by atoms with Crippen LogP contribution in [0.2, 0.25) is 0 Å². The molecule has 0 N–H and O–H groups in total. The maximum atomic E-state index is 14.6. The molecule has 1 aliphatic carbocycles. The first-order valence-electron chi connectivity index (χ1n) is 13.4. The summed E-state index contributed by atoms with van der Waals surface area (Å²) < 4.78 is 0. The van der Waals surface area contributed by atoms with Gasteiger partial charge < -0.3 is 4.90 Å². The first kappa shape index (κ1) is 24.8. The van der Waals surface area contributed by atoms with Crippen LogP contribution in [0.5, 0.6) is 0 Å². The highest BCUT2D eigenvalue weighted by Crippen LogP contribution is 2.61. The molecule has 4 aromatic rings. The van der Waals surface area contributed by atoms with E-state index < -0.39 is 28.3 Å². The summed E-state index contributed by atoms with van der Waals surface area (Å²) >= 11 is 0. The van der Waals surface area contributed by atoms with Gasteiger partial charge in [-0.25, -0.2) is 0 Å². The highest BCUT2D eigenvalue weighted by atomic mass is 16.6. The number of non-ortho nitro benzene ring substituents is 1. The molecule has 200 valence electrons. The minimum atomic E-state index is -1.70. The molecule has 1 unspecified atom stereocenters. The van der Waals surface area contributed by atoms with Gasteiger partial charge in [-0.15, -0.1) is 0 Å². The number of nitrogens with zero attached hydrogens (tertiary/aromatic N) is 2. The standard InChI is InChI=1S/C34H24N2O5/c1-20-14-15-21-16-17-28-34(32(38)25-12-5-6-13-26(25)33(34)39)29(23-10-7-11-24(19-23)36(40)41)30(35(28)27(21)18-20)31(37)22-8-3-2-4-9-22/h2-19,28-30H,1H3/t28?,29-,30+/m0/s1. The molecule has 2 aliphatic heterocycles. The van der Waals surface area contributed by atoms with Gasteiger partial charge in [-0.05, 0) is 29.7 Å². The number of carbonyl (C=O) groups excluding carboxylic acids is 3. The van der Waals surface area contributed by atoms with E-state index in [2.05, 4.69) is 0 Å².